The van der Waals surface area contributed by atoms with Gasteiger partial charge >= 0.3 is 6.18 Å². The van der Waals surface area contributed by atoms with E-state index in [1.807, 2.05) is 37.8 Å². The molecule has 0 radical (unpaired) electrons. The second-order valence-corrected chi connectivity index (χ2v) is 8.20. The van der Waals surface area contributed by atoms with E-state index in [9.17, 15) is 13.2 Å². The lowest BCUT2D eigenvalue weighted by atomic mass is 10.0. The smallest absolute Gasteiger partial charge is 0.351 e. The van der Waals surface area contributed by atoms with Crippen LogP contribution in [0.1, 0.15) is 29.2 Å². The average Bonchev–Trinajstić information content (AvgIpc) is 2.76. The van der Waals surface area contributed by atoms with Crippen molar-refractivity contribution in [2.75, 3.05) is 29.4 Å². The summed E-state index contributed by atoms with van der Waals surface area (Å²) < 4.78 is 40.0. The maximum atomic E-state index is 13.3. The molecule has 4 heterocycles. The summed E-state index contributed by atoms with van der Waals surface area (Å²) in [7, 11) is 0. The standard InChI is InChI=1S/C23H25F3N6/c1-14-12-28-20(11-19(14)23(24,25)26)32-10-9-31(13-15(32)2)22-17(4)16(3)21(29-30-22)18-5-7-27-8-6-18/h5-8,11-12,15H,9-10,13H2,1-4H3. The number of aryl methyl sites for hydroxylation is 1. The van der Waals surface area contributed by atoms with Crippen molar-refractivity contribution >= 4 is 11.6 Å². The zero-order valence-electron chi connectivity index (χ0n) is 18.5. The van der Waals surface area contributed by atoms with Gasteiger partial charge in [0.2, 0.25) is 0 Å². The lowest BCUT2D eigenvalue weighted by Gasteiger charge is -2.41. The summed E-state index contributed by atoms with van der Waals surface area (Å²) in [4.78, 5) is 12.4. The van der Waals surface area contributed by atoms with Crippen molar-refractivity contribution in [3.8, 4) is 11.3 Å². The molecule has 3 aromatic rings. The average molecular weight is 442 g/mol. The Labute approximate surface area is 185 Å². The fourth-order valence-electron chi connectivity index (χ4n) is 4.14. The van der Waals surface area contributed by atoms with Crippen LogP contribution in [-0.4, -0.2) is 45.8 Å². The van der Waals surface area contributed by atoms with Crippen LogP contribution < -0.4 is 9.80 Å². The molecule has 3 aromatic heterocycles. The molecule has 32 heavy (non-hydrogen) atoms. The Kier molecular flexibility index (Phi) is 5.75. The molecular weight excluding hydrogens is 417 g/mol. The molecule has 0 saturated carbocycles. The summed E-state index contributed by atoms with van der Waals surface area (Å²) in [6.45, 7) is 9.24. The number of anilines is 2. The first-order chi connectivity index (χ1) is 15.2. The zero-order chi connectivity index (χ0) is 23.0. The van der Waals surface area contributed by atoms with Crippen molar-refractivity contribution in [1.29, 1.82) is 0 Å². The Balaban J connectivity index is 1.56. The lowest BCUT2D eigenvalue weighted by Crippen LogP contribution is -2.53. The number of halogens is 3. The van der Waals surface area contributed by atoms with Gasteiger partial charge in [-0.15, -0.1) is 10.2 Å². The van der Waals surface area contributed by atoms with Crippen molar-refractivity contribution < 1.29 is 13.2 Å². The maximum Gasteiger partial charge on any atom is 0.416 e. The Morgan fingerprint density at radius 3 is 2.38 bits per heavy atom. The molecule has 6 nitrogen and oxygen atoms in total. The van der Waals surface area contributed by atoms with Gasteiger partial charge < -0.3 is 9.80 Å². The van der Waals surface area contributed by atoms with Crippen LogP contribution >= 0.6 is 0 Å². The van der Waals surface area contributed by atoms with Gasteiger partial charge in [0.1, 0.15) is 5.82 Å². The predicted octanol–water partition coefficient (Wildman–Crippen LogP) is 4.59. The number of hydrogen-bond donors (Lipinski definition) is 0. The van der Waals surface area contributed by atoms with Gasteiger partial charge in [-0.2, -0.15) is 13.2 Å². The van der Waals surface area contributed by atoms with E-state index < -0.39 is 11.7 Å². The first-order valence-corrected chi connectivity index (χ1v) is 10.5. The van der Waals surface area contributed by atoms with E-state index in [-0.39, 0.29) is 11.6 Å². The van der Waals surface area contributed by atoms with Crippen LogP contribution in [0.15, 0.2) is 36.8 Å². The fourth-order valence-corrected chi connectivity index (χ4v) is 4.14. The SMILES string of the molecule is Cc1cnc(N2CCN(c3nnc(-c4ccncc4)c(C)c3C)CC2C)cc1C(F)(F)F. The summed E-state index contributed by atoms with van der Waals surface area (Å²) in [5.41, 5.74) is 3.36. The molecule has 9 heteroatoms. The van der Waals surface area contributed by atoms with Crippen molar-refractivity contribution in [2.24, 2.45) is 0 Å². The first-order valence-electron chi connectivity index (χ1n) is 10.5. The monoisotopic (exact) mass is 442 g/mol. The number of nitrogens with zero attached hydrogens (tertiary/aromatic N) is 6. The highest BCUT2D eigenvalue weighted by molar-refractivity contribution is 5.66. The molecule has 1 unspecified atom stereocenters. The third kappa shape index (κ3) is 4.11. The topological polar surface area (TPSA) is 58.0 Å². The number of aromatic nitrogens is 4. The van der Waals surface area contributed by atoms with Gasteiger partial charge in [0, 0.05) is 49.8 Å². The molecule has 0 aromatic carbocycles. The minimum atomic E-state index is -4.40. The second-order valence-electron chi connectivity index (χ2n) is 8.20. The van der Waals surface area contributed by atoms with Gasteiger partial charge in [0.25, 0.3) is 0 Å². The van der Waals surface area contributed by atoms with Crippen molar-refractivity contribution in [3.05, 3.63) is 59.0 Å². The van der Waals surface area contributed by atoms with E-state index >= 15 is 0 Å². The van der Waals surface area contributed by atoms with Gasteiger partial charge in [0.15, 0.2) is 5.82 Å². The minimum absolute atomic E-state index is 0.0404. The molecular formula is C23H25F3N6. The highest BCUT2D eigenvalue weighted by Crippen LogP contribution is 2.34. The summed E-state index contributed by atoms with van der Waals surface area (Å²) in [6, 6.07) is 4.92. The van der Waals surface area contributed by atoms with E-state index in [1.54, 1.807) is 12.4 Å². The molecule has 0 spiro atoms. The molecule has 0 amide bonds. The minimum Gasteiger partial charge on any atom is -0.351 e. The quantitative estimate of drug-likeness (QED) is 0.591. The third-order valence-electron chi connectivity index (χ3n) is 6.07. The molecule has 0 aliphatic carbocycles. The van der Waals surface area contributed by atoms with Gasteiger partial charge in [-0.05, 0) is 62.6 Å². The summed E-state index contributed by atoms with van der Waals surface area (Å²) in [5, 5.41) is 8.97. The van der Waals surface area contributed by atoms with Gasteiger partial charge in [-0.1, -0.05) is 0 Å². The molecule has 168 valence electrons. The molecule has 0 N–H and O–H groups in total. The van der Waals surface area contributed by atoms with Crippen LogP contribution in [0.5, 0.6) is 0 Å². The van der Waals surface area contributed by atoms with Crippen molar-refractivity contribution in [2.45, 2.75) is 39.9 Å². The Hall–Kier alpha value is -3.23. The second kappa shape index (κ2) is 8.37. The Morgan fingerprint density at radius 1 is 1.00 bits per heavy atom. The normalized spacial score (nSPS) is 17.0. The Bertz CT molecular complexity index is 1120. The van der Waals surface area contributed by atoms with Crippen LogP contribution in [-0.2, 0) is 6.18 Å². The fraction of sp³-hybridized carbons (Fsp3) is 0.391. The summed E-state index contributed by atoms with van der Waals surface area (Å²) >= 11 is 0. The van der Waals surface area contributed by atoms with Gasteiger partial charge in [-0.25, -0.2) is 4.98 Å². The maximum absolute atomic E-state index is 13.3. The van der Waals surface area contributed by atoms with Crippen LogP contribution in [0.4, 0.5) is 24.8 Å². The van der Waals surface area contributed by atoms with E-state index in [1.165, 1.54) is 13.1 Å². The van der Waals surface area contributed by atoms with Crippen molar-refractivity contribution in [3.63, 3.8) is 0 Å². The summed E-state index contributed by atoms with van der Waals surface area (Å²) in [5.74, 6) is 1.15. The van der Waals surface area contributed by atoms with Gasteiger partial charge in [-0.3, -0.25) is 4.98 Å². The zero-order valence-corrected chi connectivity index (χ0v) is 18.5. The highest BCUT2D eigenvalue weighted by atomic mass is 19.4. The number of hydrogen-bond acceptors (Lipinski definition) is 6. The van der Waals surface area contributed by atoms with Crippen LogP contribution in [0.2, 0.25) is 0 Å². The number of rotatable bonds is 3. The predicted molar refractivity (Wildman–Crippen MR) is 118 cm³/mol. The van der Waals surface area contributed by atoms with Crippen LogP contribution in [0, 0.1) is 20.8 Å². The van der Waals surface area contributed by atoms with Crippen LogP contribution in [0.3, 0.4) is 0 Å². The van der Waals surface area contributed by atoms with E-state index in [0.29, 0.717) is 25.5 Å². The lowest BCUT2D eigenvalue weighted by molar-refractivity contribution is -0.138. The highest BCUT2D eigenvalue weighted by Gasteiger charge is 2.34. The number of piperazine rings is 1. The molecule has 0 bridgehead atoms. The van der Waals surface area contributed by atoms with Crippen molar-refractivity contribution in [1.82, 2.24) is 20.2 Å². The molecule has 1 aliphatic rings. The molecule has 4 rings (SSSR count). The van der Waals surface area contributed by atoms with E-state index in [0.717, 1.165) is 34.3 Å². The van der Waals surface area contributed by atoms with E-state index in [2.05, 4.69) is 25.1 Å². The molecule has 1 fully saturated rings. The third-order valence-corrected chi connectivity index (χ3v) is 6.07. The van der Waals surface area contributed by atoms with E-state index in [4.69, 9.17) is 0 Å². The number of alkyl halides is 3. The summed E-state index contributed by atoms with van der Waals surface area (Å²) in [6.07, 6.45) is 0.357. The number of pyridine rings is 2. The van der Waals surface area contributed by atoms with Gasteiger partial charge in [0.05, 0.1) is 11.3 Å². The molecule has 1 aliphatic heterocycles. The largest absolute Gasteiger partial charge is 0.416 e. The molecule has 1 atom stereocenters. The Morgan fingerprint density at radius 2 is 1.72 bits per heavy atom. The van der Waals surface area contributed by atoms with Crippen LogP contribution in [0.25, 0.3) is 11.3 Å². The molecule has 1 saturated heterocycles. The first kappa shape index (κ1) is 22.0.